The van der Waals surface area contributed by atoms with E-state index in [-0.39, 0.29) is 11.5 Å². The van der Waals surface area contributed by atoms with Gasteiger partial charge in [-0.15, -0.1) is 0 Å². The van der Waals surface area contributed by atoms with Gasteiger partial charge in [0.05, 0.1) is 11.5 Å². The first-order valence-corrected chi connectivity index (χ1v) is 7.35. The zero-order valence-electron chi connectivity index (χ0n) is 10.3. The minimum atomic E-state index is -1.43. The highest BCUT2D eigenvalue weighted by Crippen LogP contribution is 2.16. The van der Waals surface area contributed by atoms with Crippen LogP contribution in [0.1, 0.15) is 12.5 Å². The van der Waals surface area contributed by atoms with Crippen molar-refractivity contribution in [3.8, 4) is 0 Å². The summed E-state index contributed by atoms with van der Waals surface area (Å²) in [5.74, 6) is -1.67. The second-order valence-electron chi connectivity index (χ2n) is 3.93. The van der Waals surface area contributed by atoms with E-state index in [0.717, 1.165) is 0 Å². The largest absolute Gasteiger partial charge is 0.480 e. The molecule has 2 atom stereocenters. The van der Waals surface area contributed by atoms with Crippen LogP contribution >= 0.6 is 11.6 Å². The Kier molecular flexibility index (Phi) is 5.98. The molecule has 0 heterocycles. The Balaban J connectivity index is 2.65. The molecule has 0 aliphatic carbocycles. The number of halogens is 1. The zero-order valence-corrected chi connectivity index (χ0v) is 11.8. The van der Waals surface area contributed by atoms with Gasteiger partial charge in [-0.3, -0.25) is 9.00 Å². The number of hydrogen-bond acceptors (Lipinski definition) is 3. The average molecular weight is 304 g/mol. The number of carbonyl (C=O) groups is 2. The highest BCUT2D eigenvalue weighted by molar-refractivity contribution is 7.84. The van der Waals surface area contributed by atoms with Crippen molar-refractivity contribution < 1.29 is 18.9 Å². The van der Waals surface area contributed by atoms with Crippen LogP contribution in [-0.4, -0.2) is 33.0 Å². The molecule has 1 aromatic carbocycles. The number of aliphatic carboxylic acids is 1. The minimum absolute atomic E-state index is 0.153. The lowest BCUT2D eigenvalue weighted by molar-refractivity contribution is -0.140. The molecule has 1 rings (SSSR count). The average Bonchev–Trinajstić information content (AvgIpc) is 2.30. The van der Waals surface area contributed by atoms with E-state index >= 15 is 0 Å². The number of carboxylic acids is 1. The molecule has 1 unspecified atom stereocenters. The van der Waals surface area contributed by atoms with Crippen LogP contribution in [0.15, 0.2) is 24.3 Å². The Morgan fingerprint density at radius 3 is 2.58 bits per heavy atom. The van der Waals surface area contributed by atoms with Gasteiger partial charge in [0.15, 0.2) is 0 Å². The van der Waals surface area contributed by atoms with Crippen molar-refractivity contribution in [2.45, 2.75) is 18.7 Å². The number of nitrogens with one attached hydrogen (secondary N) is 1. The number of amides is 1. The van der Waals surface area contributed by atoms with Gasteiger partial charge in [-0.1, -0.05) is 29.8 Å². The van der Waals surface area contributed by atoms with Crippen LogP contribution in [0.25, 0.3) is 0 Å². The highest BCUT2D eigenvalue weighted by atomic mass is 35.5. The summed E-state index contributed by atoms with van der Waals surface area (Å²) in [6.45, 7) is 1.22. The maximum Gasteiger partial charge on any atom is 0.327 e. The fourth-order valence-corrected chi connectivity index (χ4v) is 3.05. The molecule has 104 valence electrons. The van der Waals surface area contributed by atoms with Gasteiger partial charge in [0.2, 0.25) is 5.91 Å². The number of rotatable bonds is 6. The van der Waals surface area contributed by atoms with Gasteiger partial charge >= 0.3 is 5.97 Å². The van der Waals surface area contributed by atoms with E-state index in [1.54, 1.807) is 24.3 Å². The van der Waals surface area contributed by atoms with Crippen LogP contribution in [0, 0.1) is 0 Å². The molecule has 5 nitrogen and oxygen atoms in total. The first-order chi connectivity index (χ1) is 8.90. The summed E-state index contributed by atoms with van der Waals surface area (Å²) < 4.78 is 11.9. The predicted octanol–water partition coefficient (Wildman–Crippen LogP) is 1.18. The topological polar surface area (TPSA) is 83.5 Å². The summed E-state index contributed by atoms with van der Waals surface area (Å²) in [5.41, 5.74) is 0.689. The van der Waals surface area contributed by atoms with Crippen molar-refractivity contribution in [3.63, 3.8) is 0 Å². The molecule has 7 heteroatoms. The number of carbonyl (C=O) groups excluding carboxylic acids is 1. The summed E-state index contributed by atoms with van der Waals surface area (Å²) in [6, 6.07) is 5.78. The molecule has 1 aromatic rings. The molecule has 0 bridgehead atoms. The second kappa shape index (κ2) is 7.25. The smallest absolute Gasteiger partial charge is 0.327 e. The minimum Gasteiger partial charge on any atom is -0.480 e. The second-order valence-corrected chi connectivity index (χ2v) is 5.84. The molecule has 0 fully saturated rings. The first kappa shape index (κ1) is 15.7. The van der Waals surface area contributed by atoms with Gasteiger partial charge in [-0.05, 0) is 11.6 Å². The standard InChI is InChI=1S/C12H14ClNO4S/c1-8(15)14-11(12(16)17)7-19(18)6-9-4-2-3-5-10(9)13/h2-5,11H,6-7H2,1H3,(H,14,15)(H,16,17)/t11-,19?/m0/s1. The summed E-state index contributed by atoms with van der Waals surface area (Å²) in [7, 11) is -1.43. The molecule has 19 heavy (non-hydrogen) atoms. The van der Waals surface area contributed by atoms with Gasteiger partial charge in [0.25, 0.3) is 0 Å². The van der Waals surface area contributed by atoms with Crippen LogP contribution in [0.2, 0.25) is 5.02 Å². The van der Waals surface area contributed by atoms with Crippen LogP contribution in [0.3, 0.4) is 0 Å². The van der Waals surface area contributed by atoms with Gasteiger partial charge in [0, 0.05) is 22.7 Å². The normalized spacial score (nSPS) is 13.6. The SMILES string of the molecule is CC(=O)N[C@@H](CS(=O)Cc1ccccc1Cl)C(=O)O. The van der Waals surface area contributed by atoms with Crippen molar-refractivity contribution in [2.75, 3.05) is 5.75 Å². The van der Waals surface area contributed by atoms with E-state index in [2.05, 4.69) is 5.32 Å². The molecular formula is C12H14ClNO4S. The van der Waals surface area contributed by atoms with Crippen molar-refractivity contribution >= 4 is 34.3 Å². The monoisotopic (exact) mass is 303 g/mol. The molecule has 0 aliphatic rings. The van der Waals surface area contributed by atoms with Crippen LogP contribution in [-0.2, 0) is 26.1 Å². The van der Waals surface area contributed by atoms with Crippen LogP contribution in [0.4, 0.5) is 0 Å². The molecule has 2 N–H and O–H groups in total. The molecule has 0 radical (unpaired) electrons. The molecule has 0 aromatic heterocycles. The maximum absolute atomic E-state index is 11.9. The lowest BCUT2D eigenvalue weighted by Crippen LogP contribution is -2.43. The van der Waals surface area contributed by atoms with Crippen LogP contribution < -0.4 is 5.32 Å². The molecule has 0 aliphatic heterocycles. The molecule has 0 saturated heterocycles. The number of benzene rings is 1. The van der Waals surface area contributed by atoms with E-state index < -0.39 is 28.7 Å². The Hall–Kier alpha value is -1.40. The lowest BCUT2D eigenvalue weighted by Gasteiger charge is -2.13. The first-order valence-electron chi connectivity index (χ1n) is 5.48. The van der Waals surface area contributed by atoms with E-state index in [4.69, 9.17) is 16.7 Å². The van der Waals surface area contributed by atoms with Gasteiger partial charge in [-0.25, -0.2) is 4.79 Å². The van der Waals surface area contributed by atoms with Crippen molar-refractivity contribution in [3.05, 3.63) is 34.9 Å². The molecule has 0 saturated carbocycles. The molecule has 0 spiro atoms. The molecule has 1 amide bonds. The third-order valence-electron chi connectivity index (χ3n) is 2.30. The Morgan fingerprint density at radius 1 is 1.42 bits per heavy atom. The van der Waals surface area contributed by atoms with Gasteiger partial charge < -0.3 is 10.4 Å². The lowest BCUT2D eigenvalue weighted by atomic mass is 10.2. The third kappa shape index (κ3) is 5.40. The fraction of sp³-hybridized carbons (Fsp3) is 0.333. The third-order valence-corrected chi connectivity index (χ3v) is 4.01. The van der Waals surface area contributed by atoms with E-state index in [0.29, 0.717) is 10.6 Å². The Bertz CT molecular complexity index is 506. The molecular weight excluding hydrogens is 290 g/mol. The summed E-state index contributed by atoms with van der Waals surface area (Å²) in [5, 5.41) is 11.7. The Morgan fingerprint density at radius 2 is 2.05 bits per heavy atom. The fourth-order valence-electron chi connectivity index (χ4n) is 1.45. The predicted molar refractivity (Wildman–Crippen MR) is 73.4 cm³/mol. The van der Waals surface area contributed by atoms with Crippen molar-refractivity contribution in [2.24, 2.45) is 0 Å². The number of carboxylic acid groups (broad SMARTS) is 1. The van der Waals surface area contributed by atoms with E-state index in [1.807, 2.05) is 0 Å². The summed E-state index contributed by atoms with van der Waals surface area (Å²) >= 11 is 5.93. The summed E-state index contributed by atoms with van der Waals surface area (Å²) in [4.78, 5) is 21.8. The number of hydrogen-bond donors (Lipinski definition) is 2. The van der Waals surface area contributed by atoms with Gasteiger partial charge in [0.1, 0.15) is 6.04 Å². The van der Waals surface area contributed by atoms with Crippen molar-refractivity contribution in [1.29, 1.82) is 0 Å². The Labute approximate surface area is 118 Å². The quantitative estimate of drug-likeness (QED) is 0.826. The summed E-state index contributed by atoms with van der Waals surface area (Å²) in [6.07, 6.45) is 0. The van der Waals surface area contributed by atoms with E-state index in [9.17, 15) is 13.8 Å². The van der Waals surface area contributed by atoms with Crippen molar-refractivity contribution in [1.82, 2.24) is 5.32 Å². The maximum atomic E-state index is 11.9. The highest BCUT2D eigenvalue weighted by Gasteiger charge is 2.21. The zero-order chi connectivity index (χ0) is 14.4. The van der Waals surface area contributed by atoms with Crippen LogP contribution in [0.5, 0.6) is 0 Å². The van der Waals surface area contributed by atoms with E-state index in [1.165, 1.54) is 6.92 Å². The van der Waals surface area contributed by atoms with Gasteiger partial charge in [-0.2, -0.15) is 0 Å².